The van der Waals surface area contributed by atoms with Gasteiger partial charge in [-0.05, 0) is 63.9 Å². The van der Waals surface area contributed by atoms with E-state index in [0.29, 0.717) is 40.9 Å². The first-order chi connectivity index (χ1) is 16.8. The molecule has 0 spiro atoms. The molecule has 0 aromatic heterocycles. The molecule has 0 radical (unpaired) electrons. The van der Waals surface area contributed by atoms with Crippen LogP contribution < -0.4 is 0 Å². The number of rotatable bonds is 2. The minimum absolute atomic E-state index is 0.0622. The Balaban J connectivity index is 1.36. The van der Waals surface area contributed by atoms with Crippen molar-refractivity contribution in [1.29, 1.82) is 0 Å². The Morgan fingerprint density at radius 3 is 2.77 bits per heavy atom. The monoisotopic (exact) mass is 481 g/mol. The summed E-state index contributed by atoms with van der Waals surface area (Å²) in [6, 6.07) is 0.935. The normalized spacial score (nSPS) is 45.3. The molecule has 6 aliphatic rings. The highest BCUT2D eigenvalue weighted by molar-refractivity contribution is 5.93. The van der Waals surface area contributed by atoms with Gasteiger partial charge in [-0.25, -0.2) is 4.79 Å². The van der Waals surface area contributed by atoms with Crippen molar-refractivity contribution in [2.45, 2.75) is 95.9 Å². The van der Waals surface area contributed by atoms with Gasteiger partial charge in [0.1, 0.15) is 5.76 Å². The number of carbonyl (C=O) groups is 1. The van der Waals surface area contributed by atoms with Gasteiger partial charge in [-0.2, -0.15) is 0 Å². The maximum Gasteiger partial charge on any atom is 0.343 e. The van der Waals surface area contributed by atoms with Gasteiger partial charge in [0.2, 0.25) is 5.76 Å². The molecule has 6 nitrogen and oxygen atoms in total. The number of cyclic esters (lactones) is 1. The number of piperidine rings is 2. The van der Waals surface area contributed by atoms with E-state index in [4.69, 9.17) is 14.2 Å². The van der Waals surface area contributed by atoms with Crippen molar-refractivity contribution in [2.24, 2.45) is 23.7 Å². The number of hydrogen-bond acceptors (Lipinski definition) is 6. The molecule has 3 saturated heterocycles. The van der Waals surface area contributed by atoms with Crippen LogP contribution in [0, 0.1) is 23.7 Å². The molecule has 8 unspecified atom stereocenters. The topological polar surface area (TPSA) is 68.2 Å². The molecule has 5 heterocycles. The van der Waals surface area contributed by atoms with E-state index in [1.165, 1.54) is 0 Å². The average molecular weight is 482 g/mol. The first kappa shape index (κ1) is 23.4. The zero-order valence-electron chi connectivity index (χ0n) is 21.5. The molecule has 190 valence electrons. The SMILES string of the molecule is COC1=C(C)C(=O)OC1=C1OC2=CCC3CCC(O)(C4C=CCC(C)C4)C4CCCC(C2C1C)N34. The summed E-state index contributed by atoms with van der Waals surface area (Å²) in [6.07, 6.45) is 15.2. The molecule has 0 aromatic carbocycles. The van der Waals surface area contributed by atoms with Crippen molar-refractivity contribution in [1.82, 2.24) is 4.90 Å². The molecule has 0 saturated carbocycles. The third kappa shape index (κ3) is 3.46. The van der Waals surface area contributed by atoms with E-state index < -0.39 is 5.60 Å². The van der Waals surface area contributed by atoms with E-state index in [2.05, 4.69) is 37.0 Å². The molecule has 5 aliphatic heterocycles. The van der Waals surface area contributed by atoms with Crippen molar-refractivity contribution < 1.29 is 24.1 Å². The van der Waals surface area contributed by atoms with Crippen LogP contribution in [0.3, 0.4) is 0 Å². The first-order valence-electron chi connectivity index (χ1n) is 13.6. The summed E-state index contributed by atoms with van der Waals surface area (Å²) in [5.74, 6) is 3.38. The lowest BCUT2D eigenvalue weighted by molar-refractivity contribution is -0.160. The zero-order chi connectivity index (χ0) is 24.5. The predicted octanol–water partition coefficient (Wildman–Crippen LogP) is 4.96. The summed E-state index contributed by atoms with van der Waals surface area (Å²) in [5, 5.41) is 12.3. The Hall–Kier alpha value is -2.05. The fraction of sp³-hybridized carbons (Fsp3) is 0.690. The molecule has 1 N–H and O–H groups in total. The van der Waals surface area contributed by atoms with Gasteiger partial charge in [-0.15, -0.1) is 0 Å². The third-order valence-electron chi connectivity index (χ3n) is 9.79. The van der Waals surface area contributed by atoms with E-state index in [9.17, 15) is 9.90 Å². The number of ether oxygens (including phenoxy) is 3. The quantitative estimate of drug-likeness (QED) is 0.444. The highest BCUT2D eigenvalue weighted by Gasteiger charge is 2.57. The molecule has 0 aromatic rings. The summed E-state index contributed by atoms with van der Waals surface area (Å²) in [5.41, 5.74) is -0.181. The molecular weight excluding hydrogens is 442 g/mol. The van der Waals surface area contributed by atoms with E-state index in [0.717, 1.165) is 57.1 Å². The lowest BCUT2D eigenvalue weighted by Crippen LogP contribution is -2.68. The van der Waals surface area contributed by atoms with E-state index in [1.807, 2.05) is 0 Å². The second-order valence-electron chi connectivity index (χ2n) is 11.8. The lowest BCUT2D eigenvalue weighted by atomic mass is 9.65. The minimum Gasteiger partial charge on any atom is -0.492 e. The Bertz CT molecular complexity index is 1040. The van der Waals surface area contributed by atoms with Gasteiger partial charge in [-0.3, -0.25) is 4.90 Å². The fourth-order valence-corrected chi connectivity index (χ4v) is 8.08. The standard InChI is InChI=1S/C29H39NO5/c1-16-7-5-8-19(15-16)29(32)14-13-20-11-12-22-24(21-9-6-10-23(29)30(20)21)17(2)26(34-22)27-25(33-4)18(3)28(31)35-27/h5,8,12,16-17,19-21,23-24,32H,6-7,9-11,13-15H2,1-4H3. The van der Waals surface area contributed by atoms with Gasteiger partial charge in [-0.1, -0.05) is 32.4 Å². The van der Waals surface area contributed by atoms with Crippen LogP contribution in [-0.2, 0) is 19.0 Å². The number of aliphatic hydroxyl groups is 1. The molecule has 8 atom stereocenters. The molecule has 3 fully saturated rings. The van der Waals surface area contributed by atoms with Crippen LogP contribution in [0.15, 0.2) is 46.8 Å². The van der Waals surface area contributed by atoms with Crippen LogP contribution in [0.1, 0.15) is 72.1 Å². The molecule has 35 heavy (non-hydrogen) atoms. The summed E-state index contributed by atoms with van der Waals surface area (Å²) >= 11 is 0. The van der Waals surface area contributed by atoms with Crippen molar-refractivity contribution in [2.75, 3.05) is 7.11 Å². The fourth-order valence-electron chi connectivity index (χ4n) is 8.08. The second kappa shape index (κ2) is 8.52. The van der Waals surface area contributed by atoms with Gasteiger partial charge in [0, 0.05) is 35.9 Å². The maximum absolute atomic E-state index is 12.3. The van der Waals surface area contributed by atoms with E-state index >= 15 is 0 Å². The summed E-state index contributed by atoms with van der Waals surface area (Å²) in [6.45, 7) is 6.23. The van der Waals surface area contributed by atoms with Gasteiger partial charge < -0.3 is 19.3 Å². The van der Waals surface area contributed by atoms with Crippen LogP contribution in [-0.4, -0.2) is 46.8 Å². The van der Waals surface area contributed by atoms with Crippen molar-refractivity contribution in [3.05, 3.63) is 46.8 Å². The van der Waals surface area contributed by atoms with Crippen molar-refractivity contribution >= 4 is 5.97 Å². The predicted molar refractivity (Wildman–Crippen MR) is 132 cm³/mol. The Kier molecular flexibility index (Phi) is 5.68. The van der Waals surface area contributed by atoms with Gasteiger partial charge in [0.05, 0.1) is 18.3 Å². The minimum atomic E-state index is -0.668. The largest absolute Gasteiger partial charge is 0.492 e. The van der Waals surface area contributed by atoms with Gasteiger partial charge >= 0.3 is 5.97 Å². The summed E-state index contributed by atoms with van der Waals surface area (Å²) < 4.78 is 17.7. The number of hydrogen-bond donors (Lipinski definition) is 1. The van der Waals surface area contributed by atoms with E-state index in [-0.39, 0.29) is 29.8 Å². The smallest absolute Gasteiger partial charge is 0.343 e. The van der Waals surface area contributed by atoms with Crippen LogP contribution in [0.2, 0.25) is 0 Å². The van der Waals surface area contributed by atoms with Gasteiger partial charge in [0.15, 0.2) is 11.5 Å². The number of allylic oxidation sites excluding steroid dienone is 2. The highest BCUT2D eigenvalue weighted by atomic mass is 16.6. The highest BCUT2D eigenvalue weighted by Crippen LogP contribution is 2.54. The number of methoxy groups -OCH3 is 1. The molecule has 0 amide bonds. The Labute approximate surface area is 208 Å². The van der Waals surface area contributed by atoms with Crippen molar-refractivity contribution in [3.8, 4) is 0 Å². The molecule has 0 bridgehead atoms. The van der Waals surface area contributed by atoms with Crippen molar-refractivity contribution in [3.63, 3.8) is 0 Å². The first-order valence-corrected chi connectivity index (χ1v) is 13.6. The number of fused-ring (bicyclic) bond motifs is 2. The van der Waals surface area contributed by atoms with Crippen LogP contribution in [0.5, 0.6) is 0 Å². The van der Waals surface area contributed by atoms with Crippen LogP contribution in [0.4, 0.5) is 0 Å². The zero-order valence-corrected chi connectivity index (χ0v) is 21.5. The number of esters is 1. The second-order valence-corrected chi connectivity index (χ2v) is 11.8. The molecule has 1 aliphatic carbocycles. The van der Waals surface area contributed by atoms with Crippen LogP contribution >= 0.6 is 0 Å². The Morgan fingerprint density at radius 2 is 2.00 bits per heavy atom. The van der Waals surface area contributed by atoms with Gasteiger partial charge in [0.25, 0.3) is 0 Å². The van der Waals surface area contributed by atoms with Crippen LogP contribution in [0.25, 0.3) is 0 Å². The third-order valence-corrected chi connectivity index (χ3v) is 9.79. The number of nitrogens with zero attached hydrogens (tertiary/aromatic N) is 1. The van der Waals surface area contributed by atoms with E-state index in [1.54, 1.807) is 14.0 Å². The molecule has 6 rings (SSSR count). The lowest BCUT2D eigenvalue weighted by Gasteiger charge is -2.59. The summed E-state index contributed by atoms with van der Waals surface area (Å²) in [7, 11) is 1.57. The summed E-state index contributed by atoms with van der Waals surface area (Å²) in [4.78, 5) is 15.0. The maximum atomic E-state index is 12.3. The Morgan fingerprint density at radius 1 is 1.17 bits per heavy atom. The number of carbonyl (C=O) groups excluding carboxylic acids is 1. The average Bonchev–Trinajstić information content (AvgIpc) is 3.26. The molecule has 6 heteroatoms. The molecular formula is C29H39NO5.